The fourth-order valence-corrected chi connectivity index (χ4v) is 32.5. The van der Waals surface area contributed by atoms with Crippen molar-refractivity contribution in [1.82, 2.24) is 0 Å². The zero-order valence-electron chi connectivity index (χ0n) is 20.5. The molecular formula is C28H41SiTi. The molecule has 0 heterocycles. The third-order valence-electron chi connectivity index (χ3n) is 8.78. The van der Waals surface area contributed by atoms with Gasteiger partial charge in [-0.15, -0.1) is 0 Å². The maximum atomic E-state index is 2.77. The summed E-state index contributed by atoms with van der Waals surface area (Å²) in [5.41, 5.74) is 6.60. The van der Waals surface area contributed by atoms with Gasteiger partial charge in [0.15, 0.2) is 0 Å². The normalized spacial score (nSPS) is 21.3. The van der Waals surface area contributed by atoms with Crippen LogP contribution in [0.5, 0.6) is 0 Å². The molecule has 0 amide bonds. The summed E-state index contributed by atoms with van der Waals surface area (Å²) < 4.78 is 0.239. The summed E-state index contributed by atoms with van der Waals surface area (Å²) in [5.74, 6) is 0. The van der Waals surface area contributed by atoms with Crippen molar-refractivity contribution in [3.05, 3.63) is 83.0 Å². The van der Waals surface area contributed by atoms with Gasteiger partial charge in [-0.2, -0.15) is 0 Å². The zero-order chi connectivity index (χ0) is 22.2. The van der Waals surface area contributed by atoms with Crippen LogP contribution in [0, 0.1) is 0 Å². The van der Waals surface area contributed by atoms with Crippen LogP contribution < -0.4 is 10.4 Å². The quantitative estimate of drug-likeness (QED) is 0.383. The molecule has 0 radical (unpaired) electrons. The van der Waals surface area contributed by atoms with E-state index in [4.69, 9.17) is 0 Å². The van der Waals surface area contributed by atoms with Crippen molar-refractivity contribution in [2.45, 2.75) is 73.3 Å². The zero-order valence-corrected chi connectivity index (χ0v) is 23.2. The number of benzene rings is 2. The van der Waals surface area contributed by atoms with Gasteiger partial charge >= 0.3 is 188 Å². The molecule has 2 aromatic rings. The Morgan fingerprint density at radius 1 is 0.767 bits per heavy atom. The van der Waals surface area contributed by atoms with E-state index in [9.17, 15) is 0 Å². The van der Waals surface area contributed by atoms with E-state index in [2.05, 4.69) is 111 Å². The average molecular weight is 454 g/mol. The molecule has 3 rings (SSSR count). The van der Waals surface area contributed by atoms with E-state index in [0.29, 0.717) is 0 Å². The standard InChI is InChI=1S/C13H21.C12H11Si.3CH3.Ti/c1-6-7-8-13-11(4)9(2)10(3)12(13)5;1-3-7-11(8-4-1)13-12-9-5-2-6-10-12;;;;/h6-8H2,1-5H3;1-10,13H;3*1H3;. The summed E-state index contributed by atoms with van der Waals surface area (Å²) in [5, 5.41) is 11.6. The molecule has 0 bridgehead atoms. The minimum absolute atomic E-state index is 0.239. The average Bonchev–Trinajstić information content (AvgIpc) is 2.89. The molecule has 0 aliphatic heterocycles. The molecule has 2 aromatic carbocycles. The number of hydrogen-bond acceptors (Lipinski definition) is 0. The first-order valence-corrected chi connectivity index (χ1v) is 21.7. The van der Waals surface area contributed by atoms with Crippen molar-refractivity contribution in [2.75, 3.05) is 0 Å². The van der Waals surface area contributed by atoms with E-state index in [1.165, 1.54) is 19.3 Å². The summed E-state index contributed by atoms with van der Waals surface area (Å²) >= 11 is -3.15. The predicted octanol–water partition coefficient (Wildman–Crippen LogP) is 7.39. The molecule has 2 heteroatoms. The van der Waals surface area contributed by atoms with E-state index in [1.54, 1.807) is 32.7 Å². The number of allylic oxidation sites excluding steroid dienone is 4. The monoisotopic (exact) mass is 453 g/mol. The topological polar surface area (TPSA) is 0 Å². The number of rotatable bonds is 7. The Balaban J connectivity index is 2.31. The van der Waals surface area contributed by atoms with Crippen molar-refractivity contribution < 1.29 is 14.6 Å². The molecule has 0 saturated heterocycles. The molecule has 1 atom stereocenters. The fourth-order valence-electron chi connectivity index (χ4n) is 6.42. The molecule has 0 nitrogen and oxygen atoms in total. The van der Waals surface area contributed by atoms with Gasteiger partial charge in [0.05, 0.1) is 0 Å². The van der Waals surface area contributed by atoms with Gasteiger partial charge in [0.25, 0.3) is 0 Å². The van der Waals surface area contributed by atoms with E-state index in [0.717, 1.165) is 0 Å². The molecule has 0 saturated carbocycles. The Labute approximate surface area is 187 Å². The molecular weight excluding hydrogens is 412 g/mol. The molecule has 0 spiro atoms. The molecule has 1 unspecified atom stereocenters. The Hall–Kier alpha value is -1.15. The van der Waals surface area contributed by atoms with Crippen molar-refractivity contribution in [2.24, 2.45) is 0 Å². The summed E-state index contributed by atoms with van der Waals surface area (Å²) in [6, 6.07) is 23.1. The Morgan fingerprint density at radius 2 is 1.23 bits per heavy atom. The SMILES string of the molecule is CCCCC1=C(C)C(C)=C(C)[C]1(C)[Ti]([CH3])([CH3])([CH3])[SiH](c1ccccc1)c1ccccc1. The van der Waals surface area contributed by atoms with Gasteiger partial charge < -0.3 is 0 Å². The van der Waals surface area contributed by atoms with Crippen LogP contribution >= 0.6 is 0 Å². The fraction of sp³-hybridized carbons (Fsp3) is 0.429. The van der Waals surface area contributed by atoms with Crippen molar-refractivity contribution in [3.63, 3.8) is 0 Å². The van der Waals surface area contributed by atoms with Crippen LogP contribution in [0.15, 0.2) is 83.0 Å². The Morgan fingerprint density at radius 3 is 1.67 bits per heavy atom. The van der Waals surface area contributed by atoms with Gasteiger partial charge in [0.2, 0.25) is 0 Å². The first kappa shape index (κ1) is 23.5. The van der Waals surface area contributed by atoms with Gasteiger partial charge in [0, 0.05) is 0 Å². The maximum absolute atomic E-state index is 3.15. The molecule has 0 fully saturated rings. The van der Waals surface area contributed by atoms with Crippen LogP contribution in [-0.4, -0.2) is 6.66 Å². The van der Waals surface area contributed by atoms with Crippen molar-refractivity contribution in [1.29, 1.82) is 0 Å². The van der Waals surface area contributed by atoms with Crippen molar-refractivity contribution >= 4 is 17.0 Å². The van der Waals surface area contributed by atoms with Gasteiger partial charge in [-0.05, 0) is 0 Å². The summed E-state index contributed by atoms with van der Waals surface area (Å²) in [4.78, 5) is 0. The minimum atomic E-state index is -3.15. The summed E-state index contributed by atoms with van der Waals surface area (Å²) in [7, 11) is 0. The summed E-state index contributed by atoms with van der Waals surface area (Å²) in [6.07, 6.45) is 3.82. The van der Waals surface area contributed by atoms with Gasteiger partial charge in [-0.1, -0.05) is 0 Å². The first-order chi connectivity index (χ1) is 14.0. The molecule has 30 heavy (non-hydrogen) atoms. The molecule has 1 aliphatic rings. The third kappa shape index (κ3) is 3.57. The van der Waals surface area contributed by atoms with E-state index in [-0.39, 0.29) is 3.72 Å². The molecule has 0 N–H and O–H groups in total. The van der Waals surface area contributed by atoms with Gasteiger partial charge in [0.1, 0.15) is 0 Å². The van der Waals surface area contributed by atoms with E-state index >= 15 is 0 Å². The first-order valence-electron chi connectivity index (χ1n) is 11.7. The van der Waals surface area contributed by atoms with E-state index in [1.807, 2.05) is 0 Å². The molecule has 0 aromatic heterocycles. The van der Waals surface area contributed by atoms with Crippen LogP contribution in [0.1, 0.15) is 53.9 Å². The second-order valence-corrected chi connectivity index (χ2v) is 36.1. The molecule has 1 aliphatic carbocycles. The van der Waals surface area contributed by atoms with Crippen LogP contribution in [-0.2, 0) is 14.6 Å². The second-order valence-electron chi connectivity index (χ2n) is 11.1. The number of unbranched alkanes of at least 4 members (excludes halogenated alkanes) is 1. The molecule has 161 valence electrons. The van der Waals surface area contributed by atoms with Gasteiger partial charge in [-0.25, -0.2) is 0 Å². The third-order valence-corrected chi connectivity index (χ3v) is 34.5. The van der Waals surface area contributed by atoms with Crippen molar-refractivity contribution in [3.8, 4) is 0 Å². The predicted molar refractivity (Wildman–Crippen MR) is 136 cm³/mol. The van der Waals surface area contributed by atoms with Gasteiger partial charge in [-0.3, -0.25) is 0 Å². The van der Waals surface area contributed by atoms with Crippen LogP contribution in [0.3, 0.4) is 0 Å². The Kier molecular flexibility index (Phi) is 6.59. The van der Waals surface area contributed by atoms with E-state index < -0.39 is 21.2 Å². The summed E-state index contributed by atoms with van der Waals surface area (Å²) in [6.45, 7) is 10.8. The Bertz CT molecular complexity index is 920. The number of hydrogen-bond donors (Lipinski definition) is 0. The van der Waals surface area contributed by atoms with Crippen LogP contribution in [0.25, 0.3) is 0 Å². The van der Waals surface area contributed by atoms with Crippen LogP contribution in [0.4, 0.5) is 0 Å². The van der Waals surface area contributed by atoms with Crippen LogP contribution in [0.2, 0.25) is 19.4 Å². The second kappa shape index (κ2) is 8.41.